The molecule has 0 aliphatic carbocycles. The van der Waals surface area contributed by atoms with Crippen molar-refractivity contribution < 1.29 is 9.53 Å². The van der Waals surface area contributed by atoms with E-state index in [0.29, 0.717) is 11.8 Å². The number of benzene rings is 2. The third kappa shape index (κ3) is 4.45. The molecule has 1 aliphatic heterocycles. The van der Waals surface area contributed by atoms with E-state index in [-0.39, 0.29) is 12.5 Å². The number of piperidine rings is 1. The Labute approximate surface area is 176 Å². The lowest BCUT2D eigenvalue weighted by Gasteiger charge is -2.31. The molecule has 4 nitrogen and oxygen atoms in total. The topological polar surface area (TPSA) is 42.4 Å². The zero-order chi connectivity index (χ0) is 20.4. The van der Waals surface area contributed by atoms with Crippen LogP contribution < -0.4 is 4.74 Å². The molecule has 0 N–H and O–H groups in total. The lowest BCUT2D eigenvalue weighted by atomic mass is 9.97. The molecular formula is C24H28N2O2S. The summed E-state index contributed by atoms with van der Waals surface area (Å²) in [5.74, 6) is 1.72. The van der Waals surface area contributed by atoms with Gasteiger partial charge >= 0.3 is 0 Å². The minimum Gasteiger partial charge on any atom is -0.483 e. The van der Waals surface area contributed by atoms with Gasteiger partial charge in [0.05, 0.1) is 15.2 Å². The van der Waals surface area contributed by atoms with Crippen molar-refractivity contribution in [3.8, 4) is 5.75 Å². The summed E-state index contributed by atoms with van der Waals surface area (Å²) < 4.78 is 7.19. The van der Waals surface area contributed by atoms with Crippen molar-refractivity contribution in [2.45, 2.75) is 45.4 Å². The van der Waals surface area contributed by atoms with Crippen molar-refractivity contribution in [2.24, 2.45) is 0 Å². The molecule has 152 valence electrons. The van der Waals surface area contributed by atoms with E-state index in [1.807, 2.05) is 24.0 Å². The minimum absolute atomic E-state index is 0.0731. The molecule has 1 fully saturated rings. The molecule has 0 atom stereocenters. The van der Waals surface area contributed by atoms with Gasteiger partial charge in [0.2, 0.25) is 0 Å². The number of aryl methyl sites for hydroxylation is 1. The molecule has 0 saturated carbocycles. The third-order valence-corrected chi connectivity index (χ3v) is 6.85. The van der Waals surface area contributed by atoms with E-state index in [2.05, 4.69) is 44.2 Å². The standard InChI is InChI=1S/C24H28N2O2S/c1-16(2)19-9-8-17(3)14-21(19)28-15-23(27)26-12-10-18(11-13-26)24-25-20-6-4-5-7-22(20)29-24/h4-9,14,16,18H,10-13,15H2,1-3H3. The van der Waals surface area contributed by atoms with E-state index in [1.54, 1.807) is 11.3 Å². The van der Waals surface area contributed by atoms with Crippen LogP contribution in [0.5, 0.6) is 5.75 Å². The van der Waals surface area contributed by atoms with Gasteiger partial charge in [0.15, 0.2) is 6.61 Å². The van der Waals surface area contributed by atoms with Crippen LogP contribution in [0.1, 0.15) is 54.7 Å². The smallest absolute Gasteiger partial charge is 0.260 e. The van der Waals surface area contributed by atoms with Crippen LogP contribution in [0.2, 0.25) is 0 Å². The van der Waals surface area contributed by atoms with Gasteiger partial charge in [0.25, 0.3) is 5.91 Å². The van der Waals surface area contributed by atoms with E-state index in [0.717, 1.165) is 48.3 Å². The Morgan fingerprint density at radius 3 is 2.69 bits per heavy atom. The number of amides is 1. The van der Waals surface area contributed by atoms with Gasteiger partial charge in [-0.25, -0.2) is 4.98 Å². The fourth-order valence-corrected chi connectivity index (χ4v) is 5.05. The molecule has 1 aliphatic rings. The first-order valence-corrected chi connectivity index (χ1v) is 11.2. The molecule has 1 amide bonds. The van der Waals surface area contributed by atoms with Gasteiger partial charge in [-0.15, -0.1) is 11.3 Å². The van der Waals surface area contributed by atoms with E-state index < -0.39 is 0 Å². The van der Waals surface area contributed by atoms with Crippen LogP contribution in [0.3, 0.4) is 0 Å². The predicted octanol–water partition coefficient (Wildman–Crippen LogP) is 5.51. The average molecular weight is 409 g/mol. The highest BCUT2D eigenvalue weighted by atomic mass is 32.1. The number of likely N-dealkylation sites (tertiary alicyclic amines) is 1. The molecule has 2 heterocycles. The van der Waals surface area contributed by atoms with E-state index in [4.69, 9.17) is 9.72 Å². The molecule has 0 spiro atoms. The molecule has 29 heavy (non-hydrogen) atoms. The SMILES string of the molecule is Cc1ccc(C(C)C)c(OCC(=O)N2CCC(c3nc4ccccc4s3)CC2)c1. The summed E-state index contributed by atoms with van der Waals surface area (Å²) in [5, 5.41) is 1.20. The first kappa shape index (κ1) is 19.9. The summed E-state index contributed by atoms with van der Waals surface area (Å²) >= 11 is 1.79. The zero-order valence-electron chi connectivity index (χ0n) is 17.4. The van der Waals surface area contributed by atoms with E-state index >= 15 is 0 Å². The Hall–Kier alpha value is -2.40. The number of rotatable bonds is 5. The van der Waals surface area contributed by atoms with Crippen LogP contribution in [0.25, 0.3) is 10.2 Å². The van der Waals surface area contributed by atoms with Crippen LogP contribution in [-0.4, -0.2) is 35.5 Å². The number of nitrogens with zero attached hydrogens (tertiary/aromatic N) is 2. The summed E-state index contributed by atoms with van der Waals surface area (Å²) in [4.78, 5) is 19.5. The van der Waals surface area contributed by atoms with Gasteiger partial charge < -0.3 is 9.64 Å². The van der Waals surface area contributed by atoms with Crippen molar-refractivity contribution in [2.75, 3.05) is 19.7 Å². The van der Waals surface area contributed by atoms with Crippen molar-refractivity contribution in [3.63, 3.8) is 0 Å². The molecule has 4 rings (SSSR count). The molecule has 5 heteroatoms. The average Bonchev–Trinajstić information content (AvgIpc) is 3.16. The van der Waals surface area contributed by atoms with Crippen molar-refractivity contribution in [1.29, 1.82) is 0 Å². The Morgan fingerprint density at radius 2 is 1.97 bits per heavy atom. The van der Waals surface area contributed by atoms with Gasteiger partial charge in [-0.1, -0.05) is 38.1 Å². The largest absolute Gasteiger partial charge is 0.483 e. The zero-order valence-corrected chi connectivity index (χ0v) is 18.2. The lowest BCUT2D eigenvalue weighted by Crippen LogP contribution is -2.40. The fourth-order valence-electron chi connectivity index (χ4n) is 3.91. The molecule has 1 saturated heterocycles. The van der Waals surface area contributed by atoms with Gasteiger partial charge in [-0.2, -0.15) is 0 Å². The monoisotopic (exact) mass is 408 g/mol. The second-order valence-corrected chi connectivity index (χ2v) is 9.22. The second kappa shape index (κ2) is 8.54. The maximum atomic E-state index is 12.7. The van der Waals surface area contributed by atoms with Crippen molar-refractivity contribution in [1.82, 2.24) is 9.88 Å². The summed E-state index contributed by atoms with van der Waals surface area (Å²) in [6, 6.07) is 14.5. The van der Waals surface area contributed by atoms with Crippen molar-refractivity contribution >= 4 is 27.5 Å². The molecular weight excluding hydrogens is 380 g/mol. The highest BCUT2D eigenvalue weighted by molar-refractivity contribution is 7.18. The van der Waals surface area contributed by atoms with Gasteiger partial charge in [0.1, 0.15) is 5.75 Å². The lowest BCUT2D eigenvalue weighted by molar-refractivity contribution is -0.134. The number of thiazole rings is 1. The van der Waals surface area contributed by atoms with Crippen LogP contribution in [0.15, 0.2) is 42.5 Å². The predicted molar refractivity (Wildman–Crippen MR) is 119 cm³/mol. The molecule has 0 radical (unpaired) electrons. The van der Waals surface area contributed by atoms with Crippen LogP contribution in [0, 0.1) is 6.92 Å². The number of ether oxygens (including phenoxy) is 1. The number of carbonyl (C=O) groups excluding carboxylic acids is 1. The first-order valence-electron chi connectivity index (χ1n) is 10.4. The summed E-state index contributed by atoms with van der Waals surface area (Å²) in [7, 11) is 0. The fraction of sp³-hybridized carbons (Fsp3) is 0.417. The highest BCUT2D eigenvalue weighted by Crippen LogP contribution is 2.34. The van der Waals surface area contributed by atoms with E-state index in [1.165, 1.54) is 9.71 Å². The van der Waals surface area contributed by atoms with Crippen molar-refractivity contribution in [3.05, 3.63) is 58.6 Å². The number of fused-ring (bicyclic) bond motifs is 1. The molecule has 3 aromatic rings. The Balaban J connectivity index is 1.34. The second-order valence-electron chi connectivity index (χ2n) is 8.16. The Bertz CT molecular complexity index is 970. The quantitative estimate of drug-likeness (QED) is 0.559. The number of aromatic nitrogens is 1. The first-order chi connectivity index (χ1) is 14.0. The van der Waals surface area contributed by atoms with Gasteiger partial charge in [0, 0.05) is 19.0 Å². The molecule has 0 unspecified atom stereocenters. The third-order valence-electron chi connectivity index (χ3n) is 5.65. The summed E-state index contributed by atoms with van der Waals surface area (Å²) in [6.07, 6.45) is 1.93. The number of hydrogen-bond acceptors (Lipinski definition) is 4. The normalized spacial score (nSPS) is 15.2. The number of carbonyl (C=O) groups is 1. The summed E-state index contributed by atoms with van der Waals surface area (Å²) in [6.45, 7) is 7.99. The summed E-state index contributed by atoms with van der Waals surface area (Å²) in [5.41, 5.74) is 3.38. The van der Waals surface area contributed by atoms with E-state index in [9.17, 15) is 4.79 Å². The minimum atomic E-state index is 0.0731. The Morgan fingerprint density at radius 1 is 1.21 bits per heavy atom. The highest BCUT2D eigenvalue weighted by Gasteiger charge is 2.26. The molecule has 1 aromatic heterocycles. The number of para-hydroxylation sites is 1. The Kier molecular flexibility index (Phi) is 5.86. The van der Waals surface area contributed by atoms with Gasteiger partial charge in [-0.05, 0) is 55.0 Å². The number of hydrogen-bond donors (Lipinski definition) is 0. The molecule has 0 bridgehead atoms. The van der Waals surface area contributed by atoms with Crippen LogP contribution in [0.4, 0.5) is 0 Å². The maximum absolute atomic E-state index is 12.7. The van der Waals surface area contributed by atoms with Crippen LogP contribution in [-0.2, 0) is 4.79 Å². The molecule has 2 aromatic carbocycles. The van der Waals surface area contributed by atoms with Crippen LogP contribution >= 0.6 is 11.3 Å². The maximum Gasteiger partial charge on any atom is 0.260 e. The van der Waals surface area contributed by atoms with Gasteiger partial charge in [-0.3, -0.25) is 4.79 Å².